The molecule has 0 unspecified atom stereocenters. The van der Waals surface area contributed by atoms with Gasteiger partial charge in [0.25, 0.3) is 0 Å². The fourth-order valence-electron chi connectivity index (χ4n) is 2.26. The average molecular weight is 337 g/mol. The molecule has 0 aliphatic rings. The van der Waals surface area contributed by atoms with Crippen LogP contribution in [0, 0.1) is 0 Å². The maximum atomic E-state index is 4.57. The highest BCUT2D eigenvalue weighted by Gasteiger charge is 2.08. The summed E-state index contributed by atoms with van der Waals surface area (Å²) in [5.41, 5.74) is 3.36. The van der Waals surface area contributed by atoms with Crippen molar-refractivity contribution in [1.29, 1.82) is 0 Å². The van der Waals surface area contributed by atoms with Crippen molar-refractivity contribution in [2.24, 2.45) is 0 Å². The molecule has 0 radical (unpaired) electrons. The van der Waals surface area contributed by atoms with Crippen molar-refractivity contribution >= 4 is 37.9 Å². The molecule has 0 atom stereocenters. The fourth-order valence-corrected chi connectivity index (χ4v) is 2.52. The van der Waals surface area contributed by atoms with Gasteiger partial charge in [-0.3, -0.25) is 4.98 Å². The largest absolute Gasteiger partial charge is 0.254 e. The third-order valence-electron chi connectivity index (χ3n) is 3.30. The predicted octanol–water partition coefficient (Wildman–Crippen LogP) is 4.00. The van der Waals surface area contributed by atoms with E-state index in [1.165, 1.54) is 0 Å². The molecule has 0 spiro atoms. The molecular formula is C16H9BrN4. The number of hydrogen-bond donors (Lipinski definition) is 0. The van der Waals surface area contributed by atoms with E-state index >= 15 is 0 Å². The van der Waals surface area contributed by atoms with Crippen molar-refractivity contribution in [3.63, 3.8) is 0 Å². The Bertz CT molecular complexity index is 951. The summed E-state index contributed by atoms with van der Waals surface area (Å²) in [7, 11) is 0. The highest BCUT2D eigenvalue weighted by atomic mass is 79.9. The molecule has 0 saturated carbocycles. The zero-order chi connectivity index (χ0) is 14.2. The molecule has 100 valence electrons. The Morgan fingerprint density at radius 2 is 1.62 bits per heavy atom. The van der Waals surface area contributed by atoms with E-state index in [0.717, 1.165) is 32.0 Å². The van der Waals surface area contributed by atoms with Crippen molar-refractivity contribution in [2.45, 2.75) is 0 Å². The van der Waals surface area contributed by atoms with Gasteiger partial charge in [-0.2, -0.15) is 0 Å². The molecule has 0 fully saturated rings. The van der Waals surface area contributed by atoms with Gasteiger partial charge < -0.3 is 0 Å². The Labute approximate surface area is 129 Å². The van der Waals surface area contributed by atoms with Crippen molar-refractivity contribution in [2.75, 3.05) is 0 Å². The summed E-state index contributed by atoms with van der Waals surface area (Å²) in [4.78, 5) is 8.99. The van der Waals surface area contributed by atoms with Crippen LogP contribution >= 0.6 is 15.9 Å². The van der Waals surface area contributed by atoms with Crippen molar-refractivity contribution in [3.8, 4) is 11.4 Å². The highest BCUT2D eigenvalue weighted by molar-refractivity contribution is 9.10. The van der Waals surface area contributed by atoms with Gasteiger partial charge in [-0.1, -0.05) is 46.3 Å². The lowest BCUT2D eigenvalue weighted by atomic mass is 10.2. The predicted molar refractivity (Wildman–Crippen MR) is 85.8 cm³/mol. The van der Waals surface area contributed by atoms with Gasteiger partial charge >= 0.3 is 0 Å². The molecule has 4 rings (SSSR count). The van der Waals surface area contributed by atoms with Gasteiger partial charge in [-0.25, -0.2) is 4.98 Å². The van der Waals surface area contributed by atoms with Crippen molar-refractivity contribution in [3.05, 3.63) is 59.2 Å². The van der Waals surface area contributed by atoms with Crippen LogP contribution in [-0.4, -0.2) is 20.2 Å². The first-order chi connectivity index (χ1) is 10.3. The normalized spacial score (nSPS) is 11.1. The van der Waals surface area contributed by atoms with Crippen LogP contribution in [0.25, 0.3) is 33.3 Å². The molecule has 21 heavy (non-hydrogen) atoms. The maximum absolute atomic E-state index is 4.57. The quantitative estimate of drug-likeness (QED) is 0.493. The van der Waals surface area contributed by atoms with Gasteiger partial charge in [0.05, 0.1) is 11.7 Å². The number of pyridine rings is 1. The fraction of sp³-hybridized carbons (Fsp3) is 0. The van der Waals surface area contributed by atoms with Crippen molar-refractivity contribution in [1.82, 2.24) is 20.2 Å². The molecule has 0 N–H and O–H groups in total. The topological polar surface area (TPSA) is 51.6 Å². The van der Waals surface area contributed by atoms with E-state index in [4.69, 9.17) is 0 Å². The molecule has 2 aromatic heterocycles. The monoisotopic (exact) mass is 336 g/mol. The summed E-state index contributed by atoms with van der Waals surface area (Å²) in [6.07, 6.45) is 1.74. The Morgan fingerprint density at radius 3 is 2.48 bits per heavy atom. The molecule has 2 heterocycles. The van der Waals surface area contributed by atoms with Gasteiger partial charge in [0.2, 0.25) is 0 Å². The van der Waals surface area contributed by atoms with E-state index in [1.54, 1.807) is 6.20 Å². The molecule has 0 saturated heterocycles. The lowest BCUT2D eigenvalue weighted by molar-refractivity contribution is 1.03. The molecule has 0 bridgehead atoms. The second kappa shape index (κ2) is 4.86. The lowest BCUT2D eigenvalue weighted by Gasteiger charge is -2.03. The first-order valence-corrected chi connectivity index (χ1v) is 7.25. The second-order valence-electron chi connectivity index (χ2n) is 4.65. The average Bonchev–Trinajstić information content (AvgIpc) is 2.55. The highest BCUT2D eigenvalue weighted by Crippen LogP contribution is 2.23. The zero-order valence-electron chi connectivity index (χ0n) is 10.9. The van der Waals surface area contributed by atoms with Crippen LogP contribution in [0.2, 0.25) is 0 Å². The molecule has 2 aromatic carbocycles. The number of para-hydroxylation sites is 1. The summed E-state index contributed by atoms with van der Waals surface area (Å²) in [6.45, 7) is 0. The van der Waals surface area contributed by atoms with Crippen LogP contribution in [0.5, 0.6) is 0 Å². The number of rotatable bonds is 1. The summed E-state index contributed by atoms with van der Waals surface area (Å²) >= 11 is 3.42. The van der Waals surface area contributed by atoms with Crippen molar-refractivity contribution < 1.29 is 0 Å². The summed E-state index contributed by atoms with van der Waals surface area (Å²) in [6, 6.07) is 15.7. The number of aromatic nitrogens is 4. The van der Waals surface area contributed by atoms with E-state index in [-0.39, 0.29) is 0 Å². The molecule has 4 aromatic rings. The number of nitrogens with zero attached hydrogens (tertiary/aromatic N) is 4. The zero-order valence-corrected chi connectivity index (χ0v) is 12.4. The standard InChI is InChI=1S/C16H9BrN4/c17-11-7-5-10(6-8-11)16-19-14-9-18-13-4-2-1-3-12(13)15(14)20-21-16/h1-9H. The van der Waals surface area contributed by atoms with E-state index in [1.807, 2.05) is 48.5 Å². The Morgan fingerprint density at radius 1 is 0.810 bits per heavy atom. The van der Waals surface area contributed by atoms with Gasteiger partial charge in [0, 0.05) is 15.4 Å². The lowest BCUT2D eigenvalue weighted by Crippen LogP contribution is -1.95. The SMILES string of the molecule is Brc1ccc(-c2nnc3c(cnc4ccccc43)n2)cc1. The van der Waals surface area contributed by atoms with E-state index in [0.29, 0.717) is 5.82 Å². The van der Waals surface area contributed by atoms with Crippen LogP contribution in [0.15, 0.2) is 59.2 Å². The van der Waals surface area contributed by atoms with Gasteiger partial charge in [0.15, 0.2) is 5.82 Å². The molecule has 0 amide bonds. The third kappa shape index (κ3) is 2.15. The number of fused-ring (bicyclic) bond motifs is 3. The first kappa shape index (κ1) is 12.3. The van der Waals surface area contributed by atoms with Gasteiger partial charge in [-0.15, -0.1) is 10.2 Å². The summed E-state index contributed by atoms with van der Waals surface area (Å²) in [5, 5.41) is 9.57. The Kier molecular flexibility index (Phi) is 2.86. The molecule has 4 nitrogen and oxygen atoms in total. The minimum atomic E-state index is 0.604. The molecule has 0 aliphatic carbocycles. The van der Waals surface area contributed by atoms with E-state index < -0.39 is 0 Å². The first-order valence-electron chi connectivity index (χ1n) is 6.45. The van der Waals surface area contributed by atoms with Crippen LogP contribution in [0.1, 0.15) is 0 Å². The molecule has 0 aliphatic heterocycles. The smallest absolute Gasteiger partial charge is 0.182 e. The molecular weight excluding hydrogens is 328 g/mol. The number of halogens is 1. The van der Waals surface area contributed by atoms with Crippen LogP contribution in [-0.2, 0) is 0 Å². The Balaban J connectivity index is 1.94. The summed E-state index contributed by atoms with van der Waals surface area (Å²) in [5.74, 6) is 0.604. The summed E-state index contributed by atoms with van der Waals surface area (Å²) < 4.78 is 1.02. The molecule has 5 heteroatoms. The van der Waals surface area contributed by atoms with E-state index in [2.05, 4.69) is 36.1 Å². The maximum Gasteiger partial charge on any atom is 0.182 e. The number of hydrogen-bond acceptors (Lipinski definition) is 4. The van der Waals surface area contributed by atoms with Gasteiger partial charge in [-0.05, 0) is 18.2 Å². The second-order valence-corrected chi connectivity index (χ2v) is 5.57. The number of benzene rings is 2. The minimum absolute atomic E-state index is 0.604. The van der Waals surface area contributed by atoms with Gasteiger partial charge in [0.1, 0.15) is 11.0 Å². The van der Waals surface area contributed by atoms with E-state index in [9.17, 15) is 0 Å². The Hall–Kier alpha value is -2.40. The third-order valence-corrected chi connectivity index (χ3v) is 3.83. The minimum Gasteiger partial charge on any atom is -0.254 e. The van der Waals surface area contributed by atoms with Crippen LogP contribution in [0.4, 0.5) is 0 Å². The van der Waals surface area contributed by atoms with Crippen LogP contribution < -0.4 is 0 Å². The van der Waals surface area contributed by atoms with Crippen LogP contribution in [0.3, 0.4) is 0 Å².